The highest BCUT2D eigenvalue weighted by molar-refractivity contribution is 5.75. The van der Waals surface area contributed by atoms with Crippen LogP contribution in [0.2, 0.25) is 0 Å². The summed E-state index contributed by atoms with van der Waals surface area (Å²) in [5, 5.41) is 32.1. The van der Waals surface area contributed by atoms with Crippen LogP contribution in [0.3, 0.4) is 0 Å². The van der Waals surface area contributed by atoms with Crippen LogP contribution in [0.1, 0.15) is 39.0 Å². The number of aliphatic hydroxyl groups is 2. The van der Waals surface area contributed by atoms with Gasteiger partial charge in [0.1, 0.15) is 0 Å². The van der Waals surface area contributed by atoms with E-state index in [1.54, 1.807) is 0 Å². The van der Waals surface area contributed by atoms with Crippen LogP contribution in [0.5, 0.6) is 0 Å². The van der Waals surface area contributed by atoms with Crippen molar-refractivity contribution in [2.75, 3.05) is 0 Å². The molecule has 0 amide bonds. The van der Waals surface area contributed by atoms with E-state index in [1.165, 1.54) is 0 Å². The minimum absolute atomic E-state index is 0.164. The Kier molecular flexibility index (Phi) is 2.61. The summed E-state index contributed by atoms with van der Waals surface area (Å²) in [6.07, 6.45) is 6.63. The first-order valence-electron chi connectivity index (χ1n) is 9.31. The molecule has 0 heterocycles. The molecule has 8 atom stereocenters. The molecule has 4 nitrogen and oxygen atoms in total. The van der Waals surface area contributed by atoms with Gasteiger partial charge in [-0.2, -0.15) is 0 Å². The molecule has 5 rings (SSSR count). The number of carboxylic acids is 1. The van der Waals surface area contributed by atoms with E-state index >= 15 is 0 Å². The lowest BCUT2D eigenvalue weighted by Gasteiger charge is -2.45. The van der Waals surface area contributed by atoms with Gasteiger partial charge in [-0.05, 0) is 60.3 Å². The molecule has 0 radical (unpaired) electrons. The molecule has 0 unspecified atom stereocenters. The van der Waals surface area contributed by atoms with Crippen molar-refractivity contribution in [1.29, 1.82) is 0 Å². The van der Waals surface area contributed by atoms with E-state index in [0.29, 0.717) is 19.3 Å². The van der Waals surface area contributed by atoms with Crippen LogP contribution in [0.25, 0.3) is 0 Å². The molecular weight excluding hydrogens is 316 g/mol. The van der Waals surface area contributed by atoms with Crippen molar-refractivity contribution in [3.8, 4) is 0 Å². The van der Waals surface area contributed by atoms with Gasteiger partial charge < -0.3 is 15.3 Å². The van der Waals surface area contributed by atoms with E-state index in [-0.39, 0.29) is 17.3 Å². The van der Waals surface area contributed by atoms with Crippen LogP contribution in [0.4, 0.5) is 0 Å². The van der Waals surface area contributed by atoms with Crippen LogP contribution in [-0.4, -0.2) is 33.0 Å². The molecule has 0 aromatic carbocycles. The molecule has 134 valence electrons. The zero-order valence-electron chi connectivity index (χ0n) is 14.7. The van der Waals surface area contributed by atoms with Gasteiger partial charge in [-0.25, -0.2) is 0 Å². The number of aliphatic hydroxyl groups excluding tert-OH is 1. The highest BCUT2D eigenvalue weighted by atomic mass is 16.4. The molecule has 4 saturated carbocycles. The lowest BCUT2D eigenvalue weighted by Crippen LogP contribution is -2.47. The second-order valence-corrected chi connectivity index (χ2v) is 9.59. The Bertz CT molecular complexity index is 768. The lowest BCUT2D eigenvalue weighted by atomic mass is 9.59. The predicted molar refractivity (Wildman–Crippen MR) is 92.5 cm³/mol. The first-order chi connectivity index (χ1) is 11.6. The van der Waals surface area contributed by atoms with Gasteiger partial charge in [0.25, 0.3) is 0 Å². The van der Waals surface area contributed by atoms with Gasteiger partial charge >= 0.3 is 5.97 Å². The Hall–Kier alpha value is -1.39. The number of hydrogen-bond donors (Lipinski definition) is 3. The van der Waals surface area contributed by atoms with Crippen LogP contribution < -0.4 is 0 Å². The molecule has 25 heavy (non-hydrogen) atoms. The number of carbonyl (C=O) groups is 1. The number of fused-ring (bicyclic) bond motifs is 1. The maximum atomic E-state index is 12.5. The number of allylic oxidation sites excluding steroid dienone is 1. The number of rotatable bonds is 1. The zero-order chi connectivity index (χ0) is 18.0. The lowest BCUT2D eigenvalue weighted by molar-refractivity contribution is -0.152. The van der Waals surface area contributed by atoms with Crippen molar-refractivity contribution < 1.29 is 20.1 Å². The van der Waals surface area contributed by atoms with Crippen LogP contribution in [0.15, 0.2) is 36.5 Å². The maximum Gasteiger partial charge on any atom is 0.307 e. The van der Waals surface area contributed by atoms with Crippen molar-refractivity contribution in [3.05, 3.63) is 36.5 Å². The van der Waals surface area contributed by atoms with Crippen LogP contribution in [-0.2, 0) is 4.79 Å². The van der Waals surface area contributed by atoms with Crippen molar-refractivity contribution in [2.45, 2.75) is 50.7 Å². The fraction of sp³-hybridized carbons (Fsp3) is 0.667. The zero-order valence-corrected chi connectivity index (χ0v) is 14.7. The van der Waals surface area contributed by atoms with E-state index in [1.807, 2.05) is 13.0 Å². The molecule has 3 N–H and O–H groups in total. The van der Waals surface area contributed by atoms with Crippen molar-refractivity contribution in [1.82, 2.24) is 0 Å². The van der Waals surface area contributed by atoms with Gasteiger partial charge in [0.2, 0.25) is 0 Å². The number of hydrogen-bond acceptors (Lipinski definition) is 3. The average Bonchev–Trinajstić information content (AvgIpc) is 2.95. The summed E-state index contributed by atoms with van der Waals surface area (Å²) in [5.74, 6) is -1.33. The molecule has 0 aliphatic heterocycles. The fourth-order valence-electron chi connectivity index (χ4n) is 8.02. The summed E-state index contributed by atoms with van der Waals surface area (Å²) < 4.78 is 0. The van der Waals surface area contributed by atoms with Gasteiger partial charge in [0.05, 0.1) is 17.6 Å². The van der Waals surface area contributed by atoms with Crippen molar-refractivity contribution >= 4 is 5.97 Å². The summed E-state index contributed by atoms with van der Waals surface area (Å²) in [5.41, 5.74) is -0.425. The Balaban J connectivity index is 1.78. The molecule has 1 spiro atoms. The minimum atomic E-state index is -0.909. The van der Waals surface area contributed by atoms with Crippen LogP contribution in [0, 0.1) is 34.0 Å². The summed E-state index contributed by atoms with van der Waals surface area (Å²) in [6.45, 7) is 10.4. The molecule has 5 aliphatic rings. The van der Waals surface area contributed by atoms with Gasteiger partial charge in [0, 0.05) is 5.41 Å². The van der Waals surface area contributed by atoms with E-state index < -0.39 is 34.4 Å². The van der Waals surface area contributed by atoms with E-state index in [9.17, 15) is 20.1 Å². The normalized spacial score (nSPS) is 58.4. The molecule has 4 bridgehead atoms. The first kappa shape index (κ1) is 15.8. The van der Waals surface area contributed by atoms with Crippen molar-refractivity contribution in [2.24, 2.45) is 34.0 Å². The number of aliphatic carboxylic acids is 1. The third kappa shape index (κ3) is 1.41. The molecule has 4 fully saturated rings. The molecule has 0 aromatic heterocycles. The van der Waals surface area contributed by atoms with E-state index in [4.69, 9.17) is 0 Å². The van der Waals surface area contributed by atoms with Gasteiger partial charge in [0.15, 0.2) is 0 Å². The quantitative estimate of drug-likeness (QED) is 0.640. The summed E-state index contributed by atoms with van der Waals surface area (Å²) in [6, 6.07) is 0. The minimum Gasteiger partial charge on any atom is -0.481 e. The second kappa shape index (κ2) is 4.12. The van der Waals surface area contributed by atoms with Gasteiger partial charge in [-0.3, -0.25) is 4.79 Å². The molecule has 0 saturated heterocycles. The Morgan fingerprint density at radius 3 is 2.68 bits per heavy atom. The Morgan fingerprint density at radius 2 is 2.00 bits per heavy atom. The smallest absolute Gasteiger partial charge is 0.307 e. The van der Waals surface area contributed by atoms with Crippen molar-refractivity contribution in [3.63, 3.8) is 0 Å². The maximum absolute atomic E-state index is 12.5. The molecule has 4 heteroatoms. The Labute approximate surface area is 147 Å². The standard InChI is InChI=1S/C21H26O4/c1-11-8-19-6-5-14(22)18(11,3)16(19)15(17(23)24)20-9-12(2)21(25,10-20)7-4-13(19)20/h5-6,13-16,22,25H,1-2,4,7-10H2,3H3,(H,23,24)/t13-,14-,15-,16+,18+,19+,20-,21-/m1/s1. The SMILES string of the molecule is C=C1C[C@@]23C[C@]1(O)CC[C@@H]2[C@]12C=C[C@@H](O)[C@](C)(C(=C)C1)[C@@H]2[C@@H]3C(=O)O. The first-order valence-corrected chi connectivity index (χ1v) is 9.31. The third-order valence-corrected chi connectivity index (χ3v) is 8.94. The highest BCUT2D eigenvalue weighted by Gasteiger charge is 2.80. The molecule has 5 aliphatic carbocycles. The van der Waals surface area contributed by atoms with Crippen LogP contribution >= 0.6 is 0 Å². The molecular formula is C21H26O4. The third-order valence-electron chi connectivity index (χ3n) is 8.94. The van der Waals surface area contributed by atoms with E-state index in [0.717, 1.165) is 24.0 Å². The average molecular weight is 342 g/mol. The Morgan fingerprint density at radius 1 is 1.28 bits per heavy atom. The largest absolute Gasteiger partial charge is 0.481 e. The summed E-state index contributed by atoms with van der Waals surface area (Å²) in [4.78, 5) is 12.5. The van der Waals surface area contributed by atoms with E-state index in [2.05, 4.69) is 19.2 Å². The monoisotopic (exact) mass is 342 g/mol. The van der Waals surface area contributed by atoms with Gasteiger partial charge in [-0.15, -0.1) is 0 Å². The second-order valence-electron chi connectivity index (χ2n) is 9.59. The topological polar surface area (TPSA) is 77.8 Å². The number of carboxylic acid groups (broad SMARTS) is 1. The predicted octanol–water partition coefficient (Wildman–Crippen LogP) is 2.68. The molecule has 0 aromatic rings. The summed E-state index contributed by atoms with van der Waals surface area (Å²) >= 11 is 0. The fourth-order valence-corrected chi connectivity index (χ4v) is 8.02. The highest BCUT2D eigenvalue weighted by Crippen LogP contribution is 2.82. The van der Waals surface area contributed by atoms with Gasteiger partial charge in [-0.1, -0.05) is 37.8 Å². The summed E-state index contributed by atoms with van der Waals surface area (Å²) in [7, 11) is 0.